The molecule has 0 unspecified atom stereocenters. The highest BCUT2D eigenvalue weighted by molar-refractivity contribution is 7.99. The number of hydrazine groups is 1. The first kappa shape index (κ1) is 14.6. The van der Waals surface area contributed by atoms with Gasteiger partial charge in [-0.3, -0.25) is 25.7 Å². The Hall–Kier alpha value is -2.79. The Morgan fingerprint density at radius 3 is 2.33 bits per heavy atom. The van der Waals surface area contributed by atoms with Crippen LogP contribution in [0.2, 0.25) is 0 Å². The molecule has 3 N–H and O–H groups in total. The van der Waals surface area contributed by atoms with Crippen molar-refractivity contribution in [3.63, 3.8) is 0 Å². The van der Waals surface area contributed by atoms with Crippen molar-refractivity contribution in [2.45, 2.75) is 9.92 Å². The fourth-order valence-electron chi connectivity index (χ4n) is 1.38. The lowest BCUT2D eigenvalue weighted by molar-refractivity contribution is -0.388. The van der Waals surface area contributed by atoms with Crippen molar-refractivity contribution in [1.82, 2.24) is 9.97 Å². The molecular formula is C10H8N6O4S. The molecule has 0 spiro atoms. The number of hydrogen-bond donors (Lipinski definition) is 2. The van der Waals surface area contributed by atoms with Gasteiger partial charge in [0.05, 0.1) is 9.85 Å². The van der Waals surface area contributed by atoms with Crippen LogP contribution in [-0.2, 0) is 0 Å². The van der Waals surface area contributed by atoms with Gasteiger partial charge in [0.2, 0.25) is 5.95 Å². The molecule has 11 heteroatoms. The zero-order valence-electron chi connectivity index (χ0n) is 10.3. The van der Waals surface area contributed by atoms with Gasteiger partial charge in [-0.2, -0.15) is 4.98 Å². The van der Waals surface area contributed by atoms with Gasteiger partial charge in [0, 0.05) is 17.0 Å². The van der Waals surface area contributed by atoms with Crippen molar-refractivity contribution >= 4 is 29.1 Å². The van der Waals surface area contributed by atoms with Crippen LogP contribution in [0.3, 0.4) is 0 Å². The van der Waals surface area contributed by atoms with E-state index in [9.17, 15) is 20.2 Å². The van der Waals surface area contributed by atoms with Crippen LogP contribution in [0, 0.1) is 20.2 Å². The van der Waals surface area contributed by atoms with Crippen LogP contribution in [-0.4, -0.2) is 19.8 Å². The molecule has 0 saturated heterocycles. The van der Waals surface area contributed by atoms with E-state index in [1.807, 2.05) is 0 Å². The standard InChI is InChI=1S/C10H8N6O4S/c11-14-10-12-5-8(16(19)20)9(13-10)21-7-3-1-6(2-4-7)15(17)18/h1-5H,11H2,(H,12,13,14). The number of nitrogens with zero attached hydrogens (tertiary/aromatic N) is 4. The highest BCUT2D eigenvalue weighted by Crippen LogP contribution is 2.33. The van der Waals surface area contributed by atoms with Crippen molar-refractivity contribution in [3.05, 3.63) is 50.7 Å². The predicted octanol–water partition coefficient (Wildman–Crippen LogP) is 1.73. The summed E-state index contributed by atoms with van der Waals surface area (Å²) in [6, 6.07) is 5.56. The molecule has 1 aromatic carbocycles. The molecule has 1 aromatic heterocycles. The lowest BCUT2D eigenvalue weighted by Crippen LogP contribution is -2.11. The quantitative estimate of drug-likeness (QED) is 0.364. The molecule has 0 bridgehead atoms. The molecule has 0 saturated carbocycles. The Kier molecular flexibility index (Phi) is 4.25. The monoisotopic (exact) mass is 308 g/mol. The molecule has 0 fully saturated rings. The number of anilines is 1. The molecule has 2 aromatic rings. The van der Waals surface area contributed by atoms with Crippen molar-refractivity contribution in [1.29, 1.82) is 0 Å². The summed E-state index contributed by atoms with van der Waals surface area (Å²) >= 11 is 0.982. The molecule has 1 heterocycles. The van der Waals surface area contributed by atoms with E-state index in [0.717, 1.165) is 18.0 Å². The molecular weight excluding hydrogens is 300 g/mol. The van der Waals surface area contributed by atoms with Crippen LogP contribution in [0.25, 0.3) is 0 Å². The summed E-state index contributed by atoms with van der Waals surface area (Å²) in [6.07, 6.45) is 1.04. The topological polar surface area (TPSA) is 150 Å². The number of nitrogens with two attached hydrogens (primary N) is 1. The largest absolute Gasteiger partial charge is 0.320 e. The van der Waals surface area contributed by atoms with Gasteiger partial charge < -0.3 is 0 Å². The zero-order valence-corrected chi connectivity index (χ0v) is 11.1. The number of benzene rings is 1. The SMILES string of the molecule is NNc1ncc([N+](=O)[O-])c(Sc2ccc([N+](=O)[O-])cc2)n1. The Morgan fingerprint density at radius 2 is 1.81 bits per heavy atom. The maximum atomic E-state index is 10.9. The molecule has 108 valence electrons. The van der Waals surface area contributed by atoms with Crippen LogP contribution < -0.4 is 11.3 Å². The summed E-state index contributed by atoms with van der Waals surface area (Å²) in [5.74, 6) is 5.19. The predicted molar refractivity (Wildman–Crippen MR) is 73.7 cm³/mol. The first-order valence-electron chi connectivity index (χ1n) is 5.41. The van der Waals surface area contributed by atoms with E-state index in [-0.39, 0.29) is 22.3 Å². The second kappa shape index (κ2) is 6.11. The van der Waals surface area contributed by atoms with Gasteiger partial charge in [-0.15, -0.1) is 0 Å². The number of rotatable bonds is 5. The number of nitro groups is 2. The van der Waals surface area contributed by atoms with Crippen LogP contribution in [0.5, 0.6) is 0 Å². The van der Waals surface area contributed by atoms with Gasteiger partial charge in [-0.1, -0.05) is 11.8 Å². The normalized spacial score (nSPS) is 10.1. The van der Waals surface area contributed by atoms with E-state index in [2.05, 4.69) is 15.4 Å². The lowest BCUT2D eigenvalue weighted by Gasteiger charge is -2.04. The summed E-state index contributed by atoms with van der Waals surface area (Å²) < 4.78 is 0. The molecule has 2 rings (SSSR count). The van der Waals surface area contributed by atoms with Crippen LogP contribution in [0.4, 0.5) is 17.3 Å². The number of non-ortho nitro benzene ring substituents is 1. The van der Waals surface area contributed by atoms with Crippen LogP contribution in [0.15, 0.2) is 40.4 Å². The summed E-state index contributed by atoms with van der Waals surface area (Å²) in [4.78, 5) is 28.5. The molecule has 21 heavy (non-hydrogen) atoms. The highest BCUT2D eigenvalue weighted by Gasteiger charge is 2.18. The Labute approximate surface area is 121 Å². The molecule has 0 radical (unpaired) electrons. The van der Waals surface area contributed by atoms with Gasteiger partial charge >= 0.3 is 5.69 Å². The number of aromatic nitrogens is 2. The number of nitrogen functional groups attached to an aromatic ring is 1. The number of hydrogen-bond acceptors (Lipinski definition) is 9. The third-order valence-electron chi connectivity index (χ3n) is 2.32. The Morgan fingerprint density at radius 1 is 1.14 bits per heavy atom. The fourth-order valence-corrected chi connectivity index (χ4v) is 2.24. The van der Waals surface area contributed by atoms with Crippen LogP contribution in [0.1, 0.15) is 0 Å². The molecule has 10 nitrogen and oxygen atoms in total. The Bertz CT molecular complexity index is 692. The van der Waals surface area contributed by atoms with E-state index in [0.29, 0.717) is 4.90 Å². The molecule has 0 aliphatic rings. The third kappa shape index (κ3) is 3.40. The second-order valence-corrected chi connectivity index (χ2v) is 4.70. The van der Waals surface area contributed by atoms with Gasteiger partial charge in [-0.05, 0) is 12.1 Å². The fraction of sp³-hybridized carbons (Fsp3) is 0. The Balaban J connectivity index is 2.33. The van der Waals surface area contributed by atoms with Gasteiger partial charge in [0.15, 0.2) is 5.03 Å². The highest BCUT2D eigenvalue weighted by atomic mass is 32.2. The molecule has 0 aliphatic carbocycles. The molecule has 0 atom stereocenters. The van der Waals surface area contributed by atoms with E-state index in [4.69, 9.17) is 5.84 Å². The summed E-state index contributed by atoms with van der Waals surface area (Å²) in [6.45, 7) is 0. The average molecular weight is 308 g/mol. The summed E-state index contributed by atoms with van der Waals surface area (Å²) in [5.41, 5.74) is 1.85. The number of nitrogens with one attached hydrogen (secondary N) is 1. The maximum absolute atomic E-state index is 10.9. The maximum Gasteiger partial charge on any atom is 0.320 e. The summed E-state index contributed by atoms with van der Waals surface area (Å²) in [5, 5.41) is 21.6. The average Bonchev–Trinajstić information content (AvgIpc) is 2.47. The van der Waals surface area contributed by atoms with E-state index < -0.39 is 9.85 Å². The van der Waals surface area contributed by atoms with E-state index in [1.54, 1.807) is 0 Å². The minimum absolute atomic E-state index is 0.0324. The van der Waals surface area contributed by atoms with E-state index >= 15 is 0 Å². The molecule has 0 amide bonds. The van der Waals surface area contributed by atoms with Crippen molar-refractivity contribution in [3.8, 4) is 0 Å². The summed E-state index contributed by atoms with van der Waals surface area (Å²) in [7, 11) is 0. The molecule has 0 aliphatic heterocycles. The minimum Gasteiger partial charge on any atom is -0.292 e. The van der Waals surface area contributed by atoms with Gasteiger partial charge in [0.1, 0.15) is 6.20 Å². The van der Waals surface area contributed by atoms with Crippen molar-refractivity contribution in [2.24, 2.45) is 5.84 Å². The van der Waals surface area contributed by atoms with Gasteiger partial charge in [0.25, 0.3) is 5.69 Å². The lowest BCUT2D eigenvalue weighted by atomic mass is 10.3. The van der Waals surface area contributed by atoms with E-state index in [1.165, 1.54) is 24.3 Å². The van der Waals surface area contributed by atoms with Crippen molar-refractivity contribution < 1.29 is 9.85 Å². The smallest absolute Gasteiger partial charge is 0.292 e. The minimum atomic E-state index is -0.617. The van der Waals surface area contributed by atoms with Gasteiger partial charge in [-0.25, -0.2) is 10.8 Å². The number of nitro benzene ring substituents is 1. The second-order valence-electron chi connectivity index (χ2n) is 3.64. The first-order valence-corrected chi connectivity index (χ1v) is 6.23. The first-order chi connectivity index (χ1) is 10.0. The van der Waals surface area contributed by atoms with Crippen LogP contribution >= 0.6 is 11.8 Å². The van der Waals surface area contributed by atoms with Crippen molar-refractivity contribution in [2.75, 3.05) is 5.43 Å². The third-order valence-corrected chi connectivity index (χ3v) is 3.33. The zero-order chi connectivity index (χ0) is 15.4.